The van der Waals surface area contributed by atoms with Gasteiger partial charge in [-0.1, -0.05) is 12.1 Å². The normalized spacial score (nSPS) is 19.0. The van der Waals surface area contributed by atoms with E-state index in [9.17, 15) is 18.0 Å². The summed E-state index contributed by atoms with van der Waals surface area (Å²) in [5.74, 6) is -0.971. The molecule has 0 spiro atoms. The van der Waals surface area contributed by atoms with Gasteiger partial charge >= 0.3 is 0 Å². The molecule has 1 fully saturated rings. The number of para-hydroxylation sites is 1. The summed E-state index contributed by atoms with van der Waals surface area (Å²) in [5.41, 5.74) is 0.412. The minimum atomic E-state index is -3.32. The fourth-order valence-corrected chi connectivity index (χ4v) is 3.80. The fraction of sp³-hybridized carbons (Fsp3) is 0.556. The van der Waals surface area contributed by atoms with Crippen LogP contribution < -0.4 is 10.6 Å². The van der Waals surface area contributed by atoms with Gasteiger partial charge in [-0.15, -0.1) is 0 Å². The Hall–Kier alpha value is -1.93. The van der Waals surface area contributed by atoms with E-state index < -0.39 is 21.5 Å². The molecule has 1 aliphatic heterocycles. The number of hydrogen-bond donors (Lipinski definition) is 2. The van der Waals surface area contributed by atoms with Crippen molar-refractivity contribution in [3.8, 4) is 0 Å². The van der Waals surface area contributed by atoms with E-state index in [4.69, 9.17) is 0 Å². The summed E-state index contributed by atoms with van der Waals surface area (Å²) < 4.78 is 24.8. The van der Waals surface area contributed by atoms with Crippen molar-refractivity contribution in [2.24, 2.45) is 5.92 Å². The Morgan fingerprint density at radius 3 is 2.46 bits per heavy atom. The van der Waals surface area contributed by atoms with E-state index >= 15 is 0 Å². The average Bonchev–Trinajstić information content (AvgIpc) is 2.53. The lowest BCUT2D eigenvalue weighted by atomic mass is 9.98. The Kier molecular flexibility index (Phi) is 6.08. The first-order valence-electron chi connectivity index (χ1n) is 8.65. The highest BCUT2D eigenvalue weighted by Gasteiger charge is 2.30. The molecule has 0 aromatic heterocycles. The van der Waals surface area contributed by atoms with Crippen molar-refractivity contribution in [3.63, 3.8) is 0 Å². The molecule has 2 rings (SSSR count). The van der Waals surface area contributed by atoms with Gasteiger partial charge in [0.05, 0.1) is 23.4 Å². The standard InChI is InChI=1S/C18H27N3O4S/c1-18(2,3)20-17(23)14-9-5-6-10-15(14)19-16(22)13-8-7-11-21(12-13)26(4,24)25/h5-6,9-10,13H,7-8,11-12H2,1-4H3,(H,19,22)(H,20,23)/t13-/m0/s1. The third-order valence-electron chi connectivity index (χ3n) is 4.14. The topological polar surface area (TPSA) is 95.6 Å². The zero-order chi connectivity index (χ0) is 19.5. The summed E-state index contributed by atoms with van der Waals surface area (Å²) in [4.78, 5) is 25.1. The molecule has 8 heteroatoms. The van der Waals surface area contributed by atoms with Crippen LogP contribution in [0.1, 0.15) is 44.0 Å². The van der Waals surface area contributed by atoms with Gasteiger partial charge in [0.1, 0.15) is 0 Å². The number of anilines is 1. The number of piperidine rings is 1. The number of rotatable bonds is 4. The van der Waals surface area contributed by atoms with Gasteiger partial charge < -0.3 is 10.6 Å². The van der Waals surface area contributed by atoms with E-state index in [1.807, 2.05) is 20.8 Å². The lowest BCUT2D eigenvalue weighted by Gasteiger charge is -2.30. The number of carbonyl (C=O) groups is 2. The first kappa shape index (κ1) is 20.4. The Morgan fingerprint density at radius 1 is 1.19 bits per heavy atom. The highest BCUT2D eigenvalue weighted by molar-refractivity contribution is 7.88. The van der Waals surface area contributed by atoms with Gasteiger partial charge in [-0.05, 0) is 45.7 Å². The van der Waals surface area contributed by atoms with E-state index in [2.05, 4.69) is 10.6 Å². The van der Waals surface area contributed by atoms with Gasteiger partial charge in [0.15, 0.2) is 0 Å². The summed E-state index contributed by atoms with van der Waals surface area (Å²) in [6.07, 6.45) is 2.41. The second-order valence-electron chi connectivity index (χ2n) is 7.70. The number of benzene rings is 1. The molecule has 144 valence electrons. The maximum Gasteiger partial charge on any atom is 0.253 e. The van der Waals surface area contributed by atoms with Gasteiger partial charge in [-0.25, -0.2) is 12.7 Å². The van der Waals surface area contributed by atoms with Crippen molar-refractivity contribution in [1.82, 2.24) is 9.62 Å². The largest absolute Gasteiger partial charge is 0.347 e. The molecule has 1 atom stereocenters. The molecule has 1 heterocycles. The number of nitrogens with zero attached hydrogens (tertiary/aromatic N) is 1. The van der Waals surface area contributed by atoms with Crippen LogP contribution in [-0.2, 0) is 14.8 Å². The SMILES string of the molecule is CC(C)(C)NC(=O)c1ccccc1NC(=O)[C@H]1CCCN(S(C)(=O)=O)C1. The third kappa shape index (κ3) is 5.54. The number of carbonyl (C=O) groups excluding carboxylic acids is 2. The predicted molar refractivity (Wildman–Crippen MR) is 101 cm³/mol. The van der Waals surface area contributed by atoms with Crippen molar-refractivity contribution in [2.75, 3.05) is 24.7 Å². The van der Waals surface area contributed by atoms with E-state index in [1.54, 1.807) is 24.3 Å². The maximum absolute atomic E-state index is 12.6. The Morgan fingerprint density at radius 2 is 1.85 bits per heavy atom. The van der Waals surface area contributed by atoms with Crippen LogP contribution in [0.5, 0.6) is 0 Å². The minimum Gasteiger partial charge on any atom is -0.347 e. The van der Waals surface area contributed by atoms with Crippen LogP contribution in [0.4, 0.5) is 5.69 Å². The molecule has 7 nitrogen and oxygen atoms in total. The zero-order valence-corrected chi connectivity index (χ0v) is 16.5. The smallest absolute Gasteiger partial charge is 0.253 e. The first-order valence-corrected chi connectivity index (χ1v) is 10.5. The quantitative estimate of drug-likeness (QED) is 0.832. The summed E-state index contributed by atoms with van der Waals surface area (Å²) in [5, 5.41) is 5.68. The lowest BCUT2D eigenvalue weighted by molar-refractivity contribution is -0.120. The molecule has 1 aromatic carbocycles. The number of hydrogen-bond acceptors (Lipinski definition) is 4. The molecule has 0 aliphatic carbocycles. The lowest BCUT2D eigenvalue weighted by Crippen LogP contribution is -2.43. The van der Waals surface area contributed by atoms with E-state index in [0.29, 0.717) is 30.6 Å². The molecule has 1 aromatic rings. The Bertz CT molecular complexity index is 784. The van der Waals surface area contributed by atoms with Crippen LogP contribution in [0.15, 0.2) is 24.3 Å². The van der Waals surface area contributed by atoms with Crippen molar-refractivity contribution >= 4 is 27.5 Å². The number of sulfonamides is 1. The van der Waals surface area contributed by atoms with Crippen LogP contribution in [0.2, 0.25) is 0 Å². The van der Waals surface area contributed by atoms with E-state index in [0.717, 1.165) is 6.26 Å². The van der Waals surface area contributed by atoms with Crippen LogP contribution in [0.25, 0.3) is 0 Å². The van der Waals surface area contributed by atoms with Crippen molar-refractivity contribution in [2.45, 2.75) is 39.2 Å². The van der Waals surface area contributed by atoms with Gasteiger partial charge in [-0.2, -0.15) is 0 Å². The number of amides is 2. The average molecular weight is 381 g/mol. The molecule has 1 saturated heterocycles. The second kappa shape index (κ2) is 7.75. The number of nitrogens with one attached hydrogen (secondary N) is 2. The zero-order valence-electron chi connectivity index (χ0n) is 15.7. The summed E-state index contributed by atoms with van der Waals surface area (Å²) >= 11 is 0. The molecule has 0 radical (unpaired) electrons. The summed E-state index contributed by atoms with van der Waals surface area (Å²) in [6, 6.07) is 6.80. The van der Waals surface area contributed by atoms with Gasteiger partial charge in [-0.3, -0.25) is 9.59 Å². The third-order valence-corrected chi connectivity index (χ3v) is 5.41. The molecule has 2 N–H and O–H groups in total. The monoisotopic (exact) mass is 381 g/mol. The van der Waals surface area contributed by atoms with Gasteiger partial charge in [0, 0.05) is 18.6 Å². The Balaban J connectivity index is 2.13. The van der Waals surface area contributed by atoms with E-state index in [-0.39, 0.29) is 18.4 Å². The van der Waals surface area contributed by atoms with Crippen molar-refractivity contribution in [3.05, 3.63) is 29.8 Å². The fourth-order valence-electron chi connectivity index (χ4n) is 2.89. The molecule has 0 bridgehead atoms. The van der Waals surface area contributed by atoms with Gasteiger partial charge in [0.2, 0.25) is 15.9 Å². The summed E-state index contributed by atoms with van der Waals surface area (Å²) in [6.45, 7) is 6.25. The van der Waals surface area contributed by atoms with Crippen LogP contribution in [0, 0.1) is 5.92 Å². The molecular formula is C18H27N3O4S. The van der Waals surface area contributed by atoms with Crippen molar-refractivity contribution < 1.29 is 18.0 Å². The first-order chi connectivity index (χ1) is 12.0. The van der Waals surface area contributed by atoms with E-state index in [1.165, 1.54) is 4.31 Å². The Labute approximate surface area is 155 Å². The molecule has 2 amide bonds. The molecule has 1 aliphatic rings. The van der Waals surface area contributed by atoms with Crippen LogP contribution in [0.3, 0.4) is 0 Å². The molecular weight excluding hydrogens is 354 g/mol. The second-order valence-corrected chi connectivity index (χ2v) is 9.68. The highest BCUT2D eigenvalue weighted by Crippen LogP contribution is 2.22. The van der Waals surface area contributed by atoms with Crippen LogP contribution in [-0.4, -0.2) is 49.4 Å². The molecule has 0 unspecified atom stereocenters. The predicted octanol–water partition coefficient (Wildman–Crippen LogP) is 1.83. The van der Waals surface area contributed by atoms with Crippen LogP contribution >= 0.6 is 0 Å². The van der Waals surface area contributed by atoms with Gasteiger partial charge in [0.25, 0.3) is 5.91 Å². The van der Waals surface area contributed by atoms with Crippen molar-refractivity contribution in [1.29, 1.82) is 0 Å². The maximum atomic E-state index is 12.6. The molecule has 0 saturated carbocycles. The molecule has 26 heavy (non-hydrogen) atoms. The highest BCUT2D eigenvalue weighted by atomic mass is 32.2. The minimum absolute atomic E-state index is 0.168. The summed E-state index contributed by atoms with van der Waals surface area (Å²) in [7, 11) is -3.32.